The Morgan fingerprint density at radius 1 is 1.62 bits per heavy atom. The van der Waals surface area contributed by atoms with Crippen molar-refractivity contribution >= 4 is 28.1 Å². The summed E-state index contributed by atoms with van der Waals surface area (Å²) in [5, 5.41) is 12.9. The Hall–Kier alpha value is -1.47. The summed E-state index contributed by atoms with van der Waals surface area (Å²) in [6.07, 6.45) is 3.24. The Morgan fingerprint density at radius 2 is 2.48 bits per heavy atom. The number of oxime groups is 1. The van der Waals surface area contributed by atoms with Crippen molar-refractivity contribution in [2.24, 2.45) is 11.1 Å². The van der Waals surface area contributed by atoms with Gasteiger partial charge >= 0.3 is 5.97 Å². The number of pyridine rings is 1. The molecule has 1 N–H and O–H groups in total. The first-order chi connectivity index (χ1) is 10.1. The molecule has 6 nitrogen and oxygen atoms in total. The standard InChI is InChI=1S/C14H18BrN3O3/c15-13-5-1-4-12(17-13)9-16-21-8-7-18-6-2-3-11(10-18)14(19)20/h1,4-5,9,11H,2-3,6-8,10H2,(H,19,20)/b16-9+. The topological polar surface area (TPSA) is 75.0 Å². The summed E-state index contributed by atoms with van der Waals surface area (Å²) in [5.41, 5.74) is 0.716. The van der Waals surface area contributed by atoms with Gasteiger partial charge in [0.15, 0.2) is 0 Å². The van der Waals surface area contributed by atoms with Gasteiger partial charge in [0.25, 0.3) is 0 Å². The van der Waals surface area contributed by atoms with E-state index >= 15 is 0 Å². The first-order valence-electron chi connectivity index (χ1n) is 6.88. The number of hydrogen-bond donors (Lipinski definition) is 1. The first-order valence-corrected chi connectivity index (χ1v) is 7.67. The van der Waals surface area contributed by atoms with E-state index in [1.165, 1.54) is 0 Å². The number of carboxylic acids is 1. The van der Waals surface area contributed by atoms with E-state index < -0.39 is 5.97 Å². The van der Waals surface area contributed by atoms with Crippen LogP contribution in [0.25, 0.3) is 0 Å². The summed E-state index contributed by atoms with van der Waals surface area (Å²) in [5.74, 6) is -0.965. The second kappa shape index (κ2) is 8.09. The van der Waals surface area contributed by atoms with Gasteiger partial charge in [-0.3, -0.25) is 9.69 Å². The lowest BCUT2D eigenvalue weighted by molar-refractivity contribution is -0.143. The minimum absolute atomic E-state index is 0.256. The number of carbonyl (C=O) groups is 1. The molecule has 0 spiro atoms. The number of nitrogens with zero attached hydrogens (tertiary/aromatic N) is 3. The fourth-order valence-corrected chi connectivity index (χ4v) is 2.63. The number of piperidine rings is 1. The molecule has 0 amide bonds. The van der Waals surface area contributed by atoms with Gasteiger partial charge in [-0.15, -0.1) is 0 Å². The van der Waals surface area contributed by atoms with Crippen molar-refractivity contribution in [1.29, 1.82) is 0 Å². The van der Waals surface area contributed by atoms with E-state index in [-0.39, 0.29) is 5.92 Å². The van der Waals surface area contributed by atoms with Gasteiger partial charge in [0.2, 0.25) is 0 Å². The van der Waals surface area contributed by atoms with Crippen LogP contribution in [-0.4, -0.2) is 53.4 Å². The van der Waals surface area contributed by atoms with Crippen molar-refractivity contribution in [3.63, 3.8) is 0 Å². The van der Waals surface area contributed by atoms with Crippen molar-refractivity contribution in [3.8, 4) is 0 Å². The molecule has 0 radical (unpaired) electrons. The highest BCUT2D eigenvalue weighted by Crippen LogP contribution is 2.16. The maximum atomic E-state index is 11.0. The second-order valence-corrected chi connectivity index (χ2v) is 5.74. The molecule has 0 bridgehead atoms. The maximum absolute atomic E-state index is 11.0. The number of halogens is 1. The Labute approximate surface area is 131 Å². The quantitative estimate of drug-likeness (QED) is 0.365. The van der Waals surface area contributed by atoms with Gasteiger partial charge in [0.1, 0.15) is 11.2 Å². The third-order valence-corrected chi connectivity index (χ3v) is 3.79. The van der Waals surface area contributed by atoms with Gasteiger partial charge in [0.05, 0.1) is 17.8 Å². The van der Waals surface area contributed by atoms with E-state index in [0.29, 0.717) is 25.4 Å². The van der Waals surface area contributed by atoms with Crippen LogP contribution in [0.4, 0.5) is 0 Å². The number of hydrogen-bond acceptors (Lipinski definition) is 5. The largest absolute Gasteiger partial charge is 0.481 e. The van der Waals surface area contributed by atoms with Crippen LogP contribution in [0.5, 0.6) is 0 Å². The summed E-state index contributed by atoms with van der Waals surface area (Å²) >= 11 is 3.29. The Bertz CT molecular complexity index is 510. The van der Waals surface area contributed by atoms with Gasteiger partial charge < -0.3 is 9.94 Å². The van der Waals surface area contributed by atoms with Crippen molar-refractivity contribution in [1.82, 2.24) is 9.88 Å². The lowest BCUT2D eigenvalue weighted by Gasteiger charge is -2.29. The number of likely N-dealkylation sites (tertiary alicyclic amines) is 1. The van der Waals surface area contributed by atoms with Crippen LogP contribution in [0, 0.1) is 5.92 Å². The molecule has 1 aliphatic heterocycles. The van der Waals surface area contributed by atoms with Crippen molar-refractivity contribution in [3.05, 3.63) is 28.5 Å². The zero-order chi connectivity index (χ0) is 15.1. The summed E-state index contributed by atoms with van der Waals surface area (Å²) in [4.78, 5) is 22.5. The number of rotatable bonds is 6. The Balaban J connectivity index is 1.68. The van der Waals surface area contributed by atoms with Crippen LogP contribution in [0.2, 0.25) is 0 Å². The first kappa shape index (κ1) is 15.9. The third-order valence-electron chi connectivity index (χ3n) is 3.35. The summed E-state index contributed by atoms with van der Waals surface area (Å²) in [7, 11) is 0. The predicted octanol–water partition coefficient (Wildman–Crippen LogP) is 1.99. The highest BCUT2D eigenvalue weighted by molar-refractivity contribution is 9.10. The molecule has 114 valence electrons. The highest BCUT2D eigenvalue weighted by atomic mass is 79.9. The SMILES string of the molecule is O=C(O)C1CCCN(CCO/N=C/c2cccc(Br)n2)C1. The molecule has 1 aromatic heterocycles. The molecule has 1 aromatic rings. The third kappa shape index (κ3) is 5.43. The molecule has 1 aliphatic rings. The van der Waals surface area contributed by atoms with E-state index in [4.69, 9.17) is 9.94 Å². The van der Waals surface area contributed by atoms with Crippen molar-refractivity contribution in [2.75, 3.05) is 26.2 Å². The number of aromatic nitrogens is 1. The average Bonchev–Trinajstić information content (AvgIpc) is 2.47. The highest BCUT2D eigenvalue weighted by Gasteiger charge is 2.24. The molecule has 1 saturated heterocycles. The van der Waals surface area contributed by atoms with Crippen LogP contribution in [0.3, 0.4) is 0 Å². The molecule has 2 rings (SSSR count). The van der Waals surface area contributed by atoms with E-state index in [2.05, 4.69) is 31.0 Å². The zero-order valence-corrected chi connectivity index (χ0v) is 13.2. The molecule has 21 heavy (non-hydrogen) atoms. The van der Waals surface area contributed by atoms with E-state index in [1.54, 1.807) is 6.21 Å². The molecule has 1 fully saturated rings. The Morgan fingerprint density at radius 3 is 3.24 bits per heavy atom. The van der Waals surface area contributed by atoms with Gasteiger partial charge in [-0.05, 0) is 47.4 Å². The van der Waals surface area contributed by atoms with Gasteiger partial charge in [-0.25, -0.2) is 4.98 Å². The van der Waals surface area contributed by atoms with E-state index in [0.717, 1.165) is 24.0 Å². The number of carboxylic acid groups (broad SMARTS) is 1. The van der Waals surface area contributed by atoms with Crippen LogP contribution in [0.1, 0.15) is 18.5 Å². The fraction of sp³-hybridized carbons (Fsp3) is 0.500. The van der Waals surface area contributed by atoms with Crippen molar-refractivity contribution < 1.29 is 14.7 Å². The summed E-state index contributed by atoms with van der Waals surface area (Å²) in [6, 6.07) is 5.55. The van der Waals surface area contributed by atoms with Crippen LogP contribution in [0.15, 0.2) is 28.0 Å². The minimum Gasteiger partial charge on any atom is -0.481 e. The molecule has 1 unspecified atom stereocenters. The number of aliphatic carboxylic acids is 1. The van der Waals surface area contributed by atoms with Crippen LogP contribution < -0.4 is 0 Å². The molecular weight excluding hydrogens is 338 g/mol. The molecule has 0 aromatic carbocycles. The smallest absolute Gasteiger partial charge is 0.307 e. The lowest BCUT2D eigenvalue weighted by Crippen LogP contribution is -2.40. The molecular formula is C14H18BrN3O3. The van der Waals surface area contributed by atoms with E-state index in [9.17, 15) is 4.79 Å². The van der Waals surface area contributed by atoms with Gasteiger partial charge in [0, 0.05) is 13.1 Å². The summed E-state index contributed by atoms with van der Waals surface area (Å²) in [6.45, 7) is 2.64. The Kier molecular flexibility index (Phi) is 6.13. The second-order valence-electron chi connectivity index (χ2n) is 4.93. The van der Waals surface area contributed by atoms with Crippen molar-refractivity contribution in [2.45, 2.75) is 12.8 Å². The molecule has 0 aliphatic carbocycles. The fourth-order valence-electron chi connectivity index (χ4n) is 2.27. The zero-order valence-electron chi connectivity index (χ0n) is 11.6. The normalized spacial score (nSPS) is 19.8. The van der Waals surface area contributed by atoms with Crippen LogP contribution in [-0.2, 0) is 9.63 Å². The monoisotopic (exact) mass is 355 g/mol. The van der Waals surface area contributed by atoms with Gasteiger partial charge in [-0.2, -0.15) is 0 Å². The molecule has 7 heteroatoms. The summed E-state index contributed by atoms with van der Waals surface area (Å²) < 4.78 is 0.750. The average molecular weight is 356 g/mol. The minimum atomic E-state index is -0.709. The lowest BCUT2D eigenvalue weighted by atomic mass is 9.98. The maximum Gasteiger partial charge on any atom is 0.307 e. The molecule has 2 heterocycles. The molecule has 0 saturated carbocycles. The molecule has 1 atom stereocenters. The predicted molar refractivity (Wildman–Crippen MR) is 82.3 cm³/mol. The van der Waals surface area contributed by atoms with Crippen LogP contribution >= 0.6 is 15.9 Å². The van der Waals surface area contributed by atoms with Gasteiger partial charge in [-0.1, -0.05) is 11.2 Å². The van der Waals surface area contributed by atoms with E-state index in [1.807, 2.05) is 18.2 Å².